The number of carbonyl (C=O) groups is 1. The third-order valence-corrected chi connectivity index (χ3v) is 4.86. The molecule has 0 aliphatic heterocycles. The minimum atomic E-state index is 0.139. The van der Waals surface area contributed by atoms with Crippen molar-refractivity contribution in [1.29, 1.82) is 0 Å². The predicted molar refractivity (Wildman–Crippen MR) is 84.6 cm³/mol. The molecule has 0 bridgehead atoms. The van der Waals surface area contributed by atoms with Gasteiger partial charge in [0.25, 0.3) is 0 Å². The fourth-order valence-corrected chi connectivity index (χ4v) is 3.36. The molecule has 20 heavy (non-hydrogen) atoms. The fraction of sp³-hybridized carbons (Fsp3) is 0.938. The average molecular weight is 283 g/mol. The Bertz CT molecular complexity index is 285. The molecule has 0 saturated heterocycles. The lowest BCUT2D eigenvalue weighted by molar-refractivity contribution is -0.120. The molecule has 0 unspecified atom stereocenters. The van der Waals surface area contributed by atoms with Crippen molar-refractivity contribution in [2.45, 2.75) is 64.3 Å². The summed E-state index contributed by atoms with van der Waals surface area (Å²) in [6.45, 7) is 7.41. The second-order valence-electron chi connectivity index (χ2n) is 6.37. The van der Waals surface area contributed by atoms with Crippen LogP contribution in [0.15, 0.2) is 0 Å². The maximum Gasteiger partial charge on any atom is 0.219 e. The largest absolute Gasteiger partial charge is 0.359 e. The molecule has 1 fully saturated rings. The smallest absolute Gasteiger partial charge is 0.219 e. The van der Waals surface area contributed by atoms with Gasteiger partial charge < -0.3 is 11.1 Å². The maximum absolute atomic E-state index is 11.4. The van der Waals surface area contributed by atoms with E-state index in [2.05, 4.69) is 24.1 Å². The van der Waals surface area contributed by atoms with Crippen molar-refractivity contribution >= 4 is 5.91 Å². The highest BCUT2D eigenvalue weighted by molar-refractivity contribution is 5.75. The first-order valence-corrected chi connectivity index (χ1v) is 8.23. The quantitative estimate of drug-likeness (QED) is 0.717. The molecule has 1 aliphatic carbocycles. The van der Waals surface area contributed by atoms with Crippen molar-refractivity contribution in [1.82, 2.24) is 10.2 Å². The number of amides is 1. The van der Waals surface area contributed by atoms with Crippen LogP contribution >= 0.6 is 0 Å². The Kier molecular flexibility index (Phi) is 7.52. The van der Waals surface area contributed by atoms with E-state index in [1.165, 1.54) is 25.7 Å². The normalized spacial score (nSPS) is 26.8. The summed E-state index contributed by atoms with van der Waals surface area (Å²) in [4.78, 5) is 13.9. The summed E-state index contributed by atoms with van der Waals surface area (Å²) in [5.74, 6) is 0.976. The average Bonchev–Trinajstić information content (AvgIpc) is 2.47. The molecule has 3 N–H and O–H groups in total. The number of nitrogens with one attached hydrogen (secondary N) is 1. The topological polar surface area (TPSA) is 58.4 Å². The summed E-state index contributed by atoms with van der Waals surface area (Å²) in [6, 6.07) is 0. The van der Waals surface area contributed by atoms with Crippen molar-refractivity contribution in [3.05, 3.63) is 0 Å². The van der Waals surface area contributed by atoms with E-state index in [1.807, 2.05) is 0 Å². The van der Waals surface area contributed by atoms with Gasteiger partial charge in [-0.05, 0) is 57.5 Å². The van der Waals surface area contributed by atoms with Gasteiger partial charge in [-0.3, -0.25) is 9.69 Å². The molecule has 118 valence electrons. The van der Waals surface area contributed by atoms with Gasteiger partial charge in [0.1, 0.15) is 0 Å². The molecule has 0 atom stereocenters. The van der Waals surface area contributed by atoms with Crippen LogP contribution in [0.5, 0.6) is 0 Å². The number of nitrogens with zero attached hydrogens (tertiary/aromatic N) is 1. The Hall–Kier alpha value is -0.610. The lowest BCUT2D eigenvalue weighted by atomic mass is 9.75. The zero-order valence-corrected chi connectivity index (χ0v) is 13.6. The minimum absolute atomic E-state index is 0.139. The Morgan fingerprint density at radius 1 is 1.35 bits per heavy atom. The third-order valence-electron chi connectivity index (χ3n) is 4.86. The molecule has 0 aromatic heterocycles. The number of nitrogens with two attached hydrogens (primary N) is 1. The van der Waals surface area contributed by atoms with E-state index < -0.39 is 0 Å². The van der Waals surface area contributed by atoms with Crippen LogP contribution in [0.25, 0.3) is 0 Å². The zero-order chi connectivity index (χ0) is 15.0. The van der Waals surface area contributed by atoms with Crippen LogP contribution < -0.4 is 11.1 Å². The van der Waals surface area contributed by atoms with Gasteiger partial charge in [-0.15, -0.1) is 0 Å². The molecule has 0 aromatic carbocycles. The molecule has 0 radical (unpaired) electrons. The number of hydrogen-bond donors (Lipinski definition) is 2. The van der Waals surface area contributed by atoms with Gasteiger partial charge in [-0.2, -0.15) is 0 Å². The van der Waals surface area contributed by atoms with Crippen LogP contribution in [0.4, 0.5) is 0 Å². The van der Waals surface area contributed by atoms with Crippen LogP contribution in [0.2, 0.25) is 0 Å². The number of rotatable bonds is 8. The second-order valence-corrected chi connectivity index (χ2v) is 6.37. The Morgan fingerprint density at radius 2 is 2.00 bits per heavy atom. The van der Waals surface area contributed by atoms with E-state index in [-0.39, 0.29) is 11.4 Å². The first-order valence-electron chi connectivity index (χ1n) is 8.23. The van der Waals surface area contributed by atoms with Gasteiger partial charge >= 0.3 is 0 Å². The van der Waals surface area contributed by atoms with Crippen molar-refractivity contribution in [2.75, 3.05) is 26.7 Å². The summed E-state index contributed by atoms with van der Waals surface area (Å²) in [5.41, 5.74) is 6.34. The zero-order valence-electron chi connectivity index (χ0n) is 13.6. The van der Waals surface area contributed by atoms with E-state index in [4.69, 9.17) is 5.73 Å². The lowest BCUT2D eigenvalue weighted by Gasteiger charge is -2.47. The highest BCUT2D eigenvalue weighted by Gasteiger charge is 2.37. The molecule has 4 nitrogen and oxygen atoms in total. The lowest BCUT2D eigenvalue weighted by Crippen LogP contribution is -2.56. The first kappa shape index (κ1) is 17.4. The molecule has 0 heterocycles. The van der Waals surface area contributed by atoms with Crippen LogP contribution in [0, 0.1) is 5.92 Å². The van der Waals surface area contributed by atoms with Gasteiger partial charge in [0.05, 0.1) is 0 Å². The molecular formula is C16H33N3O. The van der Waals surface area contributed by atoms with Gasteiger partial charge in [0, 0.05) is 25.6 Å². The molecule has 1 rings (SSSR count). The van der Waals surface area contributed by atoms with E-state index in [1.54, 1.807) is 7.05 Å². The summed E-state index contributed by atoms with van der Waals surface area (Å²) in [7, 11) is 1.70. The van der Waals surface area contributed by atoms with E-state index >= 15 is 0 Å². The minimum Gasteiger partial charge on any atom is -0.359 e. The standard InChI is InChI=1S/C16H33N3O/c1-4-11-19(12-5-6-15(20)18-3)16(13-17)9-7-14(2)8-10-16/h14H,4-13,17H2,1-3H3,(H,18,20). The summed E-state index contributed by atoms with van der Waals surface area (Å²) >= 11 is 0. The Balaban J connectivity index is 2.59. The van der Waals surface area contributed by atoms with E-state index in [0.717, 1.165) is 38.4 Å². The molecule has 1 saturated carbocycles. The van der Waals surface area contributed by atoms with Gasteiger partial charge in [0.2, 0.25) is 5.91 Å². The van der Waals surface area contributed by atoms with Crippen molar-refractivity contribution in [2.24, 2.45) is 11.7 Å². The maximum atomic E-state index is 11.4. The molecule has 1 aliphatic rings. The third kappa shape index (κ3) is 4.74. The van der Waals surface area contributed by atoms with Crippen LogP contribution in [0.3, 0.4) is 0 Å². The second kappa shape index (κ2) is 8.63. The van der Waals surface area contributed by atoms with Crippen molar-refractivity contribution < 1.29 is 4.79 Å². The Morgan fingerprint density at radius 3 is 2.50 bits per heavy atom. The van der Waals surface area contributed by atoms with Gasteiger partial charge in [0.15, 0.2) is 0 Å². The van der Waals surface area contributed by atoms with Crippen LogP contribution in [-0.2, 0) is 4.79 Å². The molecule has 0 aromatic rings. The van der Waals surface area contributed by atoms with Crippen LogP contribution in [-0.4, -0.2) is 43.0 Å². The highest BCUT2D eigenvalue weighted by atomic mass is 16.1. The molecular weight excluding hydrogens is 250 g/mol. The van der Waals surface area contributed by atoms with Gasteiger partial charge in [-0.1, -0.05) is 13.8 Å². The summed E-state index contributed by atoms with van der Waals surface area (Å²) in [5, 5.41) is 2.70. The van der Waals surface area contributed by atoms with E-state index in [0.29, 0.717) is 6.42 Å². The van der Waals surface area contributed by atoms with Crippen molar-refractivity contribution in [3.63, 3.8) is 0 Å². The number of hydrogen-bond acceptors (Lipinski definition) is 3. The summed E-state index contributed by atoms with van der Waals surface area (Å²) in [6.07, 6.45) is 7.69. The first-order chi connectivity index (χ1) is 9.57. The predicted octanol–water partition coefficient (Wildman–Crippen LogP) is 2.13. The van der Waals surface area contributed by atoms with Gasteiger partial charge in [-0.25, -0.2) is 0 Å². The fourth-order valence-electron chi connectivity index (χ4n) is 3.36. The Labute approximate surface area is 124 Å². The van der Waals surface area contributed by atoms with Crippen LogP contribution in [0.1, 0.15) is 58.8 Å². The van der Waals surface area contributed by atoms with Crippen molar-refractivity contribution in [3.8, 4) is 0 Å². The van der Waals surface area contributed by atoms with E-state index in [9.17, 15) is 4.79 Å². The monoisotopic (exact) mass is 283 g/mol. The number of carbonyl (C=O) groups excluding carboxylic acids is 1. The molecule has 1 amide bonds. The molecule has 4 heteroatoms. The summed E-state index contributed by atoms with van der Waals surface area (Å²) < 4.78 is 0. The molecule has 0 spiro atoms. The SMILES string of the molecule is CCCN(CCCC(=O)NC)C1(CN)CCC(C)CC1. The highest BCUT2D eigenvalue weighted by Crippen LogP contribution is 2.36.